The Labute approximate surface area is 129 Å². The van der Waals surface area contributed by atoms with Gasteiger partial charge >= 0.3 is 5.63 Å². The van der Waals surface area contributed by atoms with Gasteiger partial charge in [0.15, 0.2) is 0 Å². The molecule has 0 atom stereocenters. The summed E-state index contributed by atoms with van der Waals surface area (Å²) in [6.07, 6.45) is 0. The van der Waals surface area contributed by atoms with Crippen LogP contribution >= 0.6 is 0 Å². The molecule has 0 fully saturated rings. The molecule has 0 bridgehead atoms. The molecule has 3 rings (SSSR count). The van der Waals surface area contributed by atoms with Gasteiger partial charge in [-0.05, 0) is 24.3 Å². The van der Waals surface area contributed by atoms with Crippen molar-refractivity contribution in [3.05, 3.63) is 80.9 Å². The van der Waals surface area contributed by atoms with Crippen molar-refractivity contribution in [2.45, 2.75) is 0 Å². The van der Waals surface area contributed by atoms with E-state index in [2.05, 4.69) is 4.98 Å². The fraction of sp³-hybridized carbons (Fsp3) is 0. The molecule has 23 heavy (non-hydrogen) atoms. The van der Waals surface area contributed by atoms with Crippen LogP contribution in [0.15, 0.2) is 63.8 Å². The Morgan fingerprint density at radius 3 is 2.43 bits per heavy atom. The van der Waals surface area contributed by atoms with Crippen LogP contribution in [0.25, 0.3) is 22.7 Å². The molecule has 0 N–H and O–H groups in total. The van der Waals surface area contributed by atoms with Crippen molar-refractivity contribution in [2.75, 3.05) is 0 Å². The minimum atomic E-state index is -0.688. The van der Waals surface area contributed by atoms with Gasteiger partial charge in [0, 0.05) is 23.3 Å². The van der Waals surface area contributed by atoms with E-state index in [-0.39, 0.29) is 22.8 Å². The third kappa shape index (κ3) is 2.98. The zero-order chi connectivity index (χ0) is 16.4. The molecule has 0 aliphatic rings. The molecule has 7 heteroatoms. The molecule has 0 spiro atoms. The average molecular weight is 312 g/mol. The Morgan fingerprint density at radius 2 is 1.78 bits per heavy atom. The Kier molecular flexibility index (Phi) is 3.68. The van der Waals surface area contributed by atoms with Crippen molar-refractivity contribution in [3.8, 4) is 22.7 Å². The standard InChI is InChI=1S/C16H9FN2O4/c17-13-4-2-1-3-12(13)14-9-15(20)23-16(18-14)10-5-7-11(8-6-10)19(21)22/h1-9H. The lowest BCUT2D eigenvalue weighted by atomic mass is 10.1. The highest BCUT2D eigenvalue weighted by molar-refractivity contribution is 5.63. The van der Waals surface area contributed by atoms with Gasteiger partial charge in [0.1, 0.15) is 5.82 Å². The van der Waals surface area contributed by atoms with Gasteiger partial charge in [0.25, 0.3) is 5.69 Å². The highest BCUT2D eigenvalue weighted by atomic mass is 19.1. The van der Waals surface area contributed by atoms with Gasteiger partial charge in [0.05, 0.1) is 16.7 Å². The number of halogens is 1. The van der Waals surface area contributed by atoms with Crippen LogP contribution in [-0.2, 0) is 0 Å². The second-order valence-corrected chi connectivity index (χ2v) is 4.65. The second kappa shape index (κ2) is 5.80. The largest absolute Gasteiger partial charge is 0.404 e. The van der Waals surface area contributed by atoms with Crippen molar-refractivity contribution in [2.24, 2.45) is 0 Å². The van der Waals surface area contributed by atoms with Gasteiger partial charge < -0.3 is 4.42 Å². The Morgan fingerprint density at radius 1 is 1.09 bits per heavy atom. The summed E-state index contributed by atoms with van der Waals surface area (Å²) in [5, 5.41) is 10.7. The SMILES string of the molecule is O=c1cc(-c2ccccc2F)nc(-c2ccc([N+](=O)[O-])cc2)o1. The number of aromatic nitrogens is 1. The van der Waals surface area contributed by atoms with E-state index in [9.17, 15) is 19.3 Å². The molecule has 1 heterocycles. The number of nitro benzene ring substituents is 1. The quantitative estimate of drug-likeness (QED) is 0.546. The van der Waals surface area contributed by atoms with E-state index in [0.717, 1.165) is 6.07 Å². The maximum Gasteiger partial charge on any atom is 0.339 e. The predicted molar refractivity (Wildman–Crippen MR) is 80.3 cm³/mol. The first kappa shape index (κ1) is 14.6. The van der Waals surface area contributed by atoms with Gasteiger partial charge in [-0.15, -0.1) is 0 Å². The lowest BCUT2D eigenvalue weighted by Gasteiger charge is -2.04. The number of nitro groups is 1. The van der Waals surface area contributed by atoms with Gasteiger partial charge in [-0.3, -0.25) is 10.1 Å². The summed E-state index contributed by atoms with van der Waals surface area (Å²) >= 11 is 0. The third-order valence-corrected chi connectivity index (χ3v) is 3.15. The van der Waals surface area contributed by atoms with E-state index < -0.39 is 16.4 Å². The average Bonchev–Trinajstić information content (AvgIpc) is 2.55. The molecule has 2 aromatic carbocycles. The first-order valence-electron chi connectivity index (χ1n) is 6.56. The molecule has 114 valence electrons. The van der Waals surface area contributed by atoms with Crippen LogP contribution in [0.5, 0.6) is 0 Å². The number of benzene rings is 2. The normalized spacial score (nSPS) is 10.5. The lowest BCUT2D eigenvalue weighted by molar-refractivity contribution is -0.384. The van der Waals surface area contributed by atoms with Crippen LogP contribution in [0, 0.1) is 15.9 Å². The second-order valence-electron chi connectivity index (χ2n) is 4.65. The molecule has 3 aromatic rings. The van der Waals surface area contributed by atoms with Crippen LogP contribution in [-0.4, -0.2) is 9.91 Å². The Bertz CT molecular complexity index is 935. The van der Waals surface area contributed by atoms with Gasteiger partial charge in [-0.1, -0.05) is 12.1 Å². The molecule has 0 aliphatic heterocycles. The Hall–Kier alpha value is -3.35. The number of hydrogen-bond acceptors (Lipinski definition) is 5. The summed E-state index contributed by atoms with van der Waals surface area (Å²) in [6.45, 7) is 0. The molecule has 6 nitrogen and oxygen atoms in total. The first-order valence-corrected chi connectivity index (χ1v) is 6.56. The van der Waals surface area contributed by atoms with Gasteiger partial charge in [-0.2, -0.15) is 0 Å². The van der Waals surface area contributed by atoms with Gasteiger partial charge in [-0.25, -0.2) is 14.2 Å². The highest BCUT2D eigenvalue weighted by Crippen LogP contribution is 2.24. The van der Waals surface area contributed by atoms with Crippen molar-refractivity contribution in [3.63, 3.8) is 0 Å². The minimum absolute atomic E-state index is 0.0364. The van der Waals surface area contributed by atoms with E-state index in [4.69, 9.17) is 4.42 Å². The fourth-order valence-electron chi connectivity index (χ4n) is 2.06. The van der Waals surface area contributed by atoms with E-state index in [1.807, 2.05) is 0 Å². The van der Waals surface area contributed by atoms with Crippen LogP contribution in [0.2, 0.25) is 0 Å². The van der Waals surface area contributed by atoms with Crippen LogP contribution in [0.4, 0.5) is 10.1 Å². The molecule has 0 saturated carbocycles. The van der Waals surface area contributed by atoms with E-state index in [1.165, 1.54) is 42.5 Å². The van der Waals surface area contributed by atoms with Crippen LogP contribution < -0.4 is 5.63 Å². The van der Waals surface area contributed by atoms with Gasteiger partial charge in [0.2, 0.25) is 5.89 Å². The number of hydrogen-bond donors (Lipinski definition) is 0. The molecule has 0 aliphatic carbocycles. The van der Waals surface area contributed by atoms with Crippen molar-refractivity contribution in [1.82, 2.24) is 4.98 Å². The number of nitrogens with zero attached hydrogens (tertiary/aromatic N) is 2. The maximum absolute atomic E-state index is 13.8. The van der Waals surface area contributed by atoms with Crippen molar-refractivity contribution >= 4 is 5.69 Å². The fourth-order valence-corrected chi connectivity index (χ4v) is 2.06. The molecule has 0 saturated heterocycles. The summed E-state index contributed by atoms with van der Waals surface area (Å²) in [4.78, 5) is 26.0. The predicted octanol–water partition coefficient (Wildman–Crippen LogP) is 3.42. The van der Waals surface area contributed by atoms with Crippen LogP contribution in [0.3, 0.4) is 0 Å². The van der Waals surface area contributed by atoms with Crippen molar-refractivity contribution in [1.29, 1.82) is 0 Å². The monoisotopic (exact) mass is 312 g/mol. The molecule has 1 aromatic heterocycles. The summed E-state index contributed by atoms with van der Waals surface area (Å²) in [5.74, 6) is -0.550. The smallest absolute Gasteiger partial charge is 0.339 e. The third-order valence-electron chi connectivity index (χ3n) is 3.15. The highest BCUT2D eigenvalue weighted by Gasteiger charge is 2.12. The molecular weight excluding hydrogens is 303 g/mol. The van der Waals surface area contributed by atoms with E-state index in [0.29, 0.717) is 5.56 Å². The maximum atomic E-state index is 13.8. The summed E-state index contributed by atoms with van der Waals surface area (Å²) < 4.78 is 18.8. The first-order chi connectivity index (χ1) is 11.0. The lowest BCUT2D eigenvalue weighted by Crippen LogP contribution is -2.02. The molecule has 0 unspecified atom stereocenters. The van der Waals surface area contributed by atoms with Crippen molar-refractivity contribution < 1.29 is 13.7 Å². The molecule has 0 radical (unpaired) electrons. The summed E-state index contributed by atoms with van der Waals surface area (Å²) in [5.41, 5.74) is -0.102. The van der Waals surface area contributed by atoms with E-state index in [1.54, 1.807) is 6.07 Å². The van der Waals surface area contributed by atoms with E-state index >= 15 is 0 Å². The zero-order valence-corrected chi connectivity index (χ0v) is 11.6. The molecular formula is C16H9FN2O4. The Balaban J connectivity index is 2.09. The topological polar surface area (TPSA) is 86.2 Å². The molecule has 0 amide bonds. The van der Waals surface area contributed by atoms with Crippen LogP contribution in [0.1, 0.15) is 0 Å². The summed E-state index contributed by atoms with van der Waals surface area (Å²) in [7, 11) is 0. The minimum Gasteiger partial charge on any atom is -0.404 e. The zero-order valence-electron chi connectivity index (χ0n) is 11.6. The number of rotatable bonds is 3. The number of non-ortho nitro benzene ring substituents is 1. The summed E-state index contributed by atoms with van der Waals surface area (Å²) in [6, 6.07) is 12.4.